The van der Waals surface area contributed by atoms with Crippen LogP contribution in [0.5, 0.6) is 0 Å². The zero-order chi connectivity index (χ0) is 20.8. The third-order valence-electron chi connectivity index (χ3n) is 4.52. The maximum atomic E-state index is 14.9. The zero-order valence-corrected chi connectivity index (χ0v) is 17.0. The number of hydrogen-bond acceptors (Lipinski definition) is 5. The van der Waals surface area contributed by atoms with Gasteiger partial charge in [-0.1, -0.05) is 32.9 Å². The van der Waals surface area contributed by atoms with E-state index in [0.29, 0.717) is 22.7 Å². The minimum atomic E-state index is -0.314. The van der Waals surface area contributed by atoms with Gasteiger partial charge in [-0.05, 0) is 37.1 Å². The Kier molecular flexibility index (Phi) is 7.12. The molecule has 1 aromatic carbocycles. The predicted molar refractivity (Wildman–Crippen MR) is 114 cm³/mol. The molecule has 4 N–H and O–H groups in total. The Morgan fingerprint density at radius 3 is 2.54 bits per heavy atom. The molecule has 0 aliphatic carbocycles. The highest BCUT2D eigenvalue weighted by Crippen LogP contribution is 2.28. The Morgan fingerprint density at radius 2 is 2.04 bits per heavy atom. The van der Waals surface area contributed by atoms with E-state index in [1.807, 2.05) is 17.9 Å². The lowest BCUT2D eigenvalue weighted by Gasteiger charge is -2.28. The Hall–Kier alpha value is -2.93. The van der Waals surface area contributed by atoms with Crippen LogP contribution in [0.3, 0.4) is 0 Å². The van der Waals surface area contributed by atoms with Gasteiger partial charge in [0.05, 0.1) is 0 Å². The van der Waals surface area contributed by atoms with Crippen molar-refractivity contribution >= 4 is 11.5 Å². The van der Waals surface area contributed by atoms with Gasteiger partial charge in [0, 0.05) is 42.3 Å². The lowest BCUT2D eigenvalue weighted by atomic mass is 10.0. The molecule has 1 heterocycles. The Balaban J connectivity index is 2.30. The summed E-state index contributed by atoms with van der Waals surface area (Å²) in [6.45, 7) is 11.1. The van der Waals surface area contributed by atoms with Crippen LogP contribution in [-0.4, -0.2) is 29.5 Å². The van der Waals surface area contributed by atoms with Crippen LogP contribution in [0.1, 0.15) is 32.9 Å². The number of hydrogen-bond donors (Lipinski definition) is 2. The topological polar surface area (TPSA) is 83.8 Å². The minimum absolute atomic E-state index is 0.189. The van der Waals surface area contributed by atoms with E-state index >= 15 is 0 Å². The van der Waals surface area contributed by atoms with Gasteiger partial charge in [-0.15, -0.1) is 5.10 Å². The van der Waals surface area contributed by atoms with Crippen LogP contribution >= 0.6 is 0 Å². The van der Waals surface area contributed by atoms with Crippen LogP contribution in [0.15, 0.2) is 53.9 Å². The first kappa shape index (κ1) is 21.4. The first-order valence-electron chi connectivity index (χ1n) is 9.24. The van der Waals surface area contributed by atoms with Crippen molar-refractivity contribution in [3.63, 3.8) is 0 Å². The SMILES string of the molecule is C=C(C)N(CC(C)CC)c1ccc(-c2ccc(/C(N)=N/N(C)N)nc2)c(F)c1. The summed E-state index contributed by atoms with van der Waals surface area (Å²) in [7, 11) is 1.56. The van der Waals surface area contributed by atoms with Crippen molar-refractivity contribution in [2.45, 2.75) is 27.2 Å². The van der Waals surface area contributed by atoms with Gasteiger partial charge in [0.1, 0.15) is 11.5 Å². The number of rotatable bonds is 8. The Labute approximate surface area is 166 Å². The monoisotopic (exact) mass is 384 g/mol. The fraction of sp³-hybridized carbons (Fsp3) is 0.333. The molecule has 28 heavy (non-hydrogen) atoms. The van der Waals surface area contributed by atoms with Crippen molar-refractivity contribution in [2.75, 3.05) is 18.5 Å². The van der Waals surface area contributed by atoms with E-state index in [-0.39, 0.29) is 11.7 Å². The number of anilines is 1. The summed E-state index contributed by atoms with van der Waals surface area (Å²) in [5.74, 6) is 5.81. The van der Waals surface area contributed by atoms with Crippen molar-refractivity contribution in [1.29, 1.82) is 0 Å². The van der Waals surface area contributed by atoms with E-state index in [2.05, 4.69) is 30.5 Å². The summed E-state index contributed by atoms with van der Waals surface area (Å²) < 4.78 is 14.9. The van der Waals surface area contributed by atoms with E-state index in [0.717, 1.165) is 29.5 Å². The van der Waals surface area contributed by atoms with Crippen LogP contribution in [0.2, 0.25) is 0 Å². The van der Waals surface area contributed by atoms with Crippen molar-refractivity contribution in [1.82, 2.24) is 10.1 Å². The molecule has 0 saturated heterocycles. The molecule has 2 aromatic rings. The summed E-state index contributed by atoms with van der Waals surface area (Å²) >= 11 is 0. The summed E-state index contributed by atoms with van der Waals surface area (Å²) in [6.07, 6.45) is 2.62. The third kappa shape index (κ3) is 5.29. The number of hydrazine groups is 1. The second-order valence-corrected chi connectivity index (χ2v) is 7.01. The zero-order valence-electron chi connectivity index (χ0n) is 17.0. The fourth-order valence-electron chi connectivity index (χ4n) is 2.75. The third-order valence-corrected chi connectivity index (χ3v) is 4.52. The number of amidine groups is 1. The second kappa shape index (κ2) is 9.32. The number of allylic oxidation sites excluding steroid dienone is 1. The van der Waals surface area contributed by atoms with Gasteiger partial charge in [0.25, 0.3) is 0 Å². The standard InChI is InChI=1S/C21H29FN6/c1-6-15(4)13-28(14(2)3)17-8-9-18(19(22)11-17)16-7-10-20(25-12-16)21(23)26-27(5)24/h7-12,15H,2,6,13,24H2,1,3-5H3,(H2,23,26). The van der Waals surface area contributed by atoms with Crippen molar-refractivity contribution in [3.05, 3.63) is 60.3 Å². The first-order valence-corrected chi connectivity index (χ1v) is 9.24. The maximum absolute atomic E-state index is 14.9. The predicted octanol–water partition coefficient (Wildman–Crippen LogP) is 3.70. The molecule has 0 amide bonds. The molecule has 0 radical (unpaired) electrons. The van der Waals surface area contributed by atoms with Gasteiger partial charge < -0.3 is 10.6 Å². The summed E-state index contributed by atoms with van der Waals surface area (Å²) in [4.78, 5) is 6.30. The molecule has 0 spiro atoms. The average molecular weight is 385 g/mol. The summed E-state index contributed by atoms with van der Waals surface area (Å²) in [5, 5.41) is 5.01. The van der Waals surface area contributed by atoms with Crippen molar-refractivity contribution < 1.29 is 4.39 Å². The number of nitrogens with zero attached hydrogens (tertiary/aromatic N) is 4. The normalized spacial score (nSPS) is 12.6. The molecule has 6 nitrogen and oxygen atoms in total. The quantitative estimate of drug-likeness (QED) is 0.314. The molecule has 0 bridgehead atoms. The number of aromatic nitrogens is 1. The van der Waals surface area contributed by atoms with Gasteiger partial charge >= 0.3 is 0 Å². The van der Waals surface area contributed by atoms with Gasteiger partial charge in [-0.2, -0.15) is 0 Å². The number of halogens is 1. The Morgan fingerprint density at radius 1 is 1.32 bits per heavy atom. The van der Waals surface area contributed by atoms with Crippen LogP contribution in [0.4, 0.5) is 10.1 Å². The molecule has 0 saturated carbocycles. The summed E-state index contributed by atoms with van der Waals surface area (Å²) in [5.41, 5.74) is 9.11. The van der Waals surface area contributed by atoms with E-state index in [4.69, 9.17) is 11.6 Å². The summed E-state index contributed by atoms with van der Waals surface area (Å²) in [6, 6.07) is 8.66. The molecule has 2 rings (SSSR count). The fourth-order valence-corrected chi connectivity index (χ4v) is 2.75. The van der Waals surface area contributed by atoms with Crippen LogP contribution in [0, 0.1) is 11.7 Å². The van der Waals surface area contributed by atoms with Crippen LogP contribution in [-0.2, 0) is 0 Å². The smallest absolute Gasteiger partial charge is 0.171 e. The lowest BCUT2D eigenvalue weighted by molar-refractivity contribution is 0.371. The first-order chi connectivity index (χ1) is 13.2. The molecular weight excluding hydrogens is 355 g/mol. The number of hydrazone groups is 1. The molecular formula is C21H29FN6. The average Bonchev–Trinajstić information content (AvgIpc) is 2.65. The molecule has 1 atom stereocenters. The van der Waals surface area contributed by atoms with E-state index in [9.17, 15) is 4.39 Å². The van der Waals surface area contributed by atoms with Gasteiger partial charge in [-0.25, -0.2) is 15.4 Å². The largest absolute Gasteiger partial charge is 0.380 e. The van der Waals surface area contributed by atoms with Gasteiger partial charge in [0.15, 0.2) is 5.84 Å². The number of pyridine rings is 1. The molecule has 1 unspecified atom stereocenters. The van der Waals surface area contributed by atoms with Crippen LogP contribution in [0.25, 0.3) is 11.1 Å². The van der Waals surface area contributed by atoms with E-state index in [1.165, 1.54) is 0 Å². The minimum Gasteiger partial charge on any atom is -0.380 e. The molecule has 0 aliphatic heterocycles. The highest BCUT2D eigenvalue weighted by atomic mass is 19.1. The molecule has 150 valence electrons. The molecule has 1 aromatic heterocycles. The second-order valence-electron chi connectivity index (χ2n) is 7.01. The van der Waals surface area contributed by atoms with Crippen molar-refractivity contribution in [3.8, 4) is 11.1 Å². The molecule has 0 aliphatic rings. The number of nitrogens with two attached hydrogens (primary N) is 2. The maximum Gasteiger partial charge on any atom is 0.171 e. The Bertz CT molecular complexity index is 844. The molecule has 0 fully saturated rings. The van der Waals surface area contributed by atoms with Crippen LogP contribution < -0.4 is 16.5 Å². The highest BCUT2D eigenvalue weighted by molar-refractivity contribution is 5.95. The van der Waals surface area contributed by atoms with Gasteiger partial charge in [0.2, 0.25) is 0 Å². The highest BCUT2D eigenvalue weighted by Gasteiger charge is 2.14. The van der Waals surface area contributed by atoms with E-state index < -0.39 is 0 Å². The lowest BCUT2D eigenvalue weighted by Crippen LogP contribution is -2.26. The number of benzene rings is 1. The van der Waals surface area contributed by atoms with Crippen molar-refractivity contribution in [2.24, 2.45) is 22.6 Å². The van der Waals surface area contributed by atoms with E-state index in [1.54, 1.807) is 37.5 Å². The van der Waals surface area contributed by atoms with Gasteiger partial charge in [-0.3, -0.25) is 4.98 Å². The molecule has 7 heteroatoms.